The molecule has 0 saturated carbocycles. The third-order valence-electron chi connectivity index (χ3n) is 2.04. The van der Waals surface area contributed by atoms with E-state index in [9.17, 15) is 16.8 Å². The van der Waals surface area contributed by atoms with Gasteiger partial charge in [0.2, 0.25) is 0 Å². The maximum Gasteiger partial charge on any atom is 0.264 e. The van der Waals surface area contributed by atoms with E-state index >= 15 is 0 Å². The maximum absolute atomic E-state index is 11.0. The lowest BCUT2D eigenvalue weighted by Gasteiger charge is -2.09. The molecule has 0 atom stereocenters. The summed E-state index contributed by atoms with van der Waals surface area (Å²) in [5.41, 5.74) is 0.538. The first-order valence-electron chi connectivity index (χ1n) is 5.32. The molecule has 0 unspecified atom stereocenters. The zero-order valence-corrected chi connectivity index (χ0v) is 12.8. The molecule has 1 rings (SSSR count). The van der Waals surface area contributed by atoms with Crippen LogP contribution in [0.4, 0.5) is 0 Å². The number of nitrogens with zero attached hydrogens (tertiary/aromatic N) is 1. The van der Waals surface area contributed by atoms with Crippen molar-refractivity contribution < 1.29 is 29.9 Å². The van der Waals surface area contributed by atoms with Gasteiger partial charge in [-0.2, -0.15) is 16.8 Å². The van der Waals surface area contributed by atoms with Crippen LogP contribution in [-0.2, 0) is 41.8 Å². The minimum absolute atomic E-state index is 0.229. The monoisotopic (exact) mass is 325 g/mol. The normalized spacial score (nSPS) is 12.3. The summed E-state index contributed by atoms with van der Waals surface area (Å²) >= 11 is 0. The van der Waals surface area contributed by atoms with Crippen LogP contribution in [0, 0.1) is 0 Å². The van der Waals surface area contributed by atoms with Crippen molar-refractivity contribution in [2.45, 2.75) is 13.2 Å². The van der Waals surface area contributed by atoms with Crippen molar-refractivity contribution >= 4 is 20.2 Å². The molecular formula is C10H15NO7S2. The van der Waals surface area contributed by atoms with Crippen molar-refractivity contribution in [3.8, 4) is 5.75 Å². The topological polar surface area (TPSA) is 109 Å². The van der Waals surface area contributed by atoms with Crippen LogP contribution in [0.2, 0.25) is 0 Å². The molecule has 1 heterocycles. The van der Waals surface area contributed by atoms with E-state index in [1.165, 1.54) is 19.2 Å². The molecule has 114 valence electrons. The number of pyridine rings is 1. The second-order valence-electron chi connectivity index (χ2n) is 3.88. The number of ether oxygens (including phenoxy) is 1. The second kappa shape index (κ2) is 6.48. The van der Waals surface area contributed by atoms with Gasteiger partial charge in [-0.15, -0.1) is 0 Å². The molecule has 0 radical (unpaired) electrons. The van der Waals surface area contributed by atoms with Crippen LogP contribution in [0.25, 0.3) is 0 Å². The minimum Gasteiger partial charge on any atom is -0.495 e. The Bertz CT molecular complexity index is 667. The van der Waals surface area contributed by atoms with Crippen molar-refractivity contribution in [1.82, 2.24) is 4.98 Å². The smallest absolute Gasteiger partial charge is 0.264 e. The number of hydrogen-bond donors (Lipinski definition) is 0. The van der Waals surface area contributed by atoms with Crippen LogP contribution in [-0.4, -0.2) is 41.4 Å². The molecule has 0 aliphatic rings. The van der Waals surface area contributed by atoms with Gasteiger partial charge < -0.3 is 4.74 Å². The number of hydrogen-bond acceptors (Lipinski definition) is 8. The molecule has 0 saturated heterocycles. The van der Waals surface area contributed by atoms with Gasteiger partial charge in [0.05, 0.1) is 25.3 Å². The highest BCUT2D eigenvalue weighted by Crippen LogP contribution is 2.18. The molecule has 0 N–H and O–H groups in total. The van der Waals surface area contributed by atoms with Crippen molar-refractivity contribution in [3.63, 3.8) is 0 Å². The van der Waals surface area contributed by atoms with Crippen LogP contribution in [0.15, 0.2) is 12.1 Å². The summed E-state index contributed by atoms with van der Waals surface area (Å²) in [6.45, 7) is -0.566. The molecule has 1 aromatic rings. The summed E-state index contributed by atoms with van der Waals surface area (Å²) in [6, 6.07) is 3.03. The van der Waals surface area contributed by atoms with E-state index in [0.29, 0.717) is 11.4 Å². The lowest BCUT2D eigenvalue weighted by Crippen LogP contribution is -2.08. The van der Waals surface area contributed by atoms with Crippen LogP contribution >= 0.6 is 0 Å². The highest BCUT2D eigenvalue weighted by atomic mass is 32.2. The van der Waals surface area contributed by atoms with E-state index in [2.05, 4.69) is 13.4 Å². The Morgan fingerprint density at radius 3 is 2.05 bits per heavy atom. The first-order valence-corrected chi connectivity index (χ1v) is 8.95. The maximum atomic E-state index is 11.0. The standard InChI is InChI=1S/C10H15NO7S2/c1-16-10-5-4-8(6-17-19(2,12)13)11-9(10)7-18-20(3,14)15/h4-5H,6-7H2,1-3H3. The molecule has 0 bridgehead atoms. The first-order chi connectivity index (χ1) is 9.11. The lowest BCUT2D eigenvalue weighted by atomic mass is 10.3. The van der Waals surface area contributed by atoms with Crippen molar-refractivity contribution in [3.05, 3.63) is 23.5 Å². The Morgan fingerprint density at radius 1 is 1.00 bits per heavy atom. The van der Waals surface area contributed by atoms with Gasteiger partial charge in [-0.1, -0.05) is 0 Å². The molecule has 0 aliphatic carbocycles. The SMILES string of the molecule is COc1ccc(COS(C)(=O)=O)nc1COS(C)(=O)=O. The Hall–Kier alpha value is -1.23. The largest absolute Gasteiger partial charge is 0.495 e. The van der Waals surface area contributed by atoms with Crippen molar-refractivity contribution in [2.24, 2.45) is 0 Å². The van der Waals surface area contributed by atoms with Gasteiger partial charge in [0, 0.05) is 0 Å². The van der Waals surface area contributed by atoms with E-state index in [1.807, 2.05) is 0 Å². The van der Waals surface area contributed by atoms with Crippen LogP contribution < -0.4 is 4.74 Å². The van der Waals surface area contributed by atoms with Crippen LogP contribution in [0.3, 0.4) is 0 Å². The van der Waals surface area contributed by atoms with E-state index in [-0.39, 0.29) is 18.9 Å². The third kappa shape index (κ3) is 6.28. The quantitative estimate of drug-likeness (QED) is 0.647. The Labute approximate surface area is 117 Å². The van der Waals surface area contributed by atoms with Crippen molar-refractivity contribution in [2.75, 3.05) is 19.6 Å². The van der Waals surface area contributed by atoms with E-state index in [0.717, 1.165) is 12.5 Å². The minimum atomic E-state index is -3.62. The molecule has 0 spiro atoms. The molecule has 0 fully saturated rings. The zero-order valence-electron chi connectivity index (χ0n) is 11.2. The van der Waals surface area contributed by atoms with Gasteiger partial charge in [0.15, 0.2) is 0 Å². The Balaban J connectivity index is 2.90. The molecule has 20 heavy (non-hydrogen) atoms. The summed E-state index contributed by atoms with van der Waals surface area (Å²) in [5.74, 6) is 0.330. The van der Waals surface area contributed by atoms with Gasteiger partial charge in [-0.25, -0.2) is 4.98 Å². The van der Waals surface area contributed by atoms with E-state index in [4.69, 9.17) is 4.74 Å². The predicted molar refractivity (Wildman–Crippen MR) is 70.1 cm³/mol. The first kappa shape index (κ1) is 16.8. The predicted octanol–water partition coefficient (Wildman–Crippen LogP) is 0.0426. The summed E-state index contributed by atoms with van der Waals surface area (Å²) in [5, 5.41) is 0. The molecule has 0 amide bonds. The van der Waals surface area contributed by atoms with Crippen LogP contribution in [0.5, 0.6) is 5.75 Å². The number of methoxy groups -OCH3 is 1. The third-order valence-corrected chi connectivity index (χ3v) is 3.13. The Morgan fingerprint density at radius 2 is 1.55 bits per heavy atom. The molecule has 0 aliphatic heterocycles. The second-order valence-corrected chi connectivity index (χ2v) is 7.17. The summed E-state index contributed by atoms with van der Waals surface area (Å²) in [4.78, 5) is 4.05. The van der Waals surface area contributed by atoms with Crippen molar-refractivity contribution in [1.29, 1.82) is 0 Å². The number of aromatic nitrogens is 1. The van der Waals surface area contributed by atoms with Crippen LogP contribution in [0.1, 0.15) is 11.4 Å². The summed E-state index contributed by atoms with van der Waals surface area (Å²) in [6.07, 6.45) is 1.83. The van der Waals surface area contributed by atoms with E-state index < -0.39 is 20.2 Å². The van der Waals surface area contributed by atoms with Gasteiger partial charge >= 0.3 is 0 Å². The lowest BCUT2D eigenvalue weighted by molar-refractivity contribution is 0.289. The Kier molecular flexibility index (Phi) is 5.45. The highest BCUT2D eigenvalue weighted by Gasteiger charge is 2.11. The molecule has 1 aromatic heterocycles. The average Bonchev–Trinajstić information content (AvgIpc) is 2.32. The fourth-order valence-electron chi connectivity index (χ4n) is 1.23. The summed E-state index contributed by atoms with van der Waals surface area (Å²) < 4.78 is 57.9. The highest BCUT2D eigenvalue weighted by molar-refractivity contribution is 7.86. The number of rotatable bonds is 7. The van der Waals surface area contributed by atoms with Gasteiger partial charge in [-0.05, 0) is 12.1 Å². The molecule has 8 nitrogen and oxygen atoms in total. The summed E-state index contributed by atoms with van der Waals surface area (Å²) in [7, 11) is -5.81. The van der Waals surface area contributed by atoms with E-state index in [1.54, 1.807) is 0 Å². The zero-order chi connectivity index (χ0) is 15.4. The molecule has 0 aromatic carbocycles. The van der Waals surface area contributed by atoms with Gasteiger partial charge in [0.25, 0.3) is 20.2 Å². The average molecular weight is 325 g/mol. The molecule has 10 heteroatoms. The van der Waals surface area contributed by atoms with Gasteiger partial charge in [-0.3, -0.25) is 8.37 Å². The fourth-order valence-corrected chi connectivity index (χ4v) is 1.89. The van der Waals surface area contributed by atoms with Gasteiger partial charge in [0.1, 0.15) is 24.7 Å². The molecular weight excluding hydrogens is 310 g/mol. The fraction of sp³-hybridized carbons (Fsp3) is 0.500.